The van der Waals surface area contributed by atoms with E-state index in [-0.39, 0.29) is 29.9 Å². The monoisotopic (exact) mass is 506 g/mol. The van der Waals surface area contributed by atoms with Crippen molar-refractivity contribution in [3.8, 4) is 0 Å². The topological polar surface area (TPSA) is 65.5 Å². The number of aryl methyl sites for hydroxylation is 1. The zero-order chi connectivity index (χ0) is 18.1. The van der Waals surface area contributed by atoms with E-state index >= 15 is 0 Å². The summed E-state index contributed by atoms with van der Waals surface area (Å²) in [7, 11) is 0. The molecule has 0 unspecified atom stereocenters. The molecule has 142 valence electrons. The van der Waals surface area contributed by atoms with Crippen LogP contribution in [0, 0.1) is 6.92 Å². The van der Waals surface area contributed by atoms with Gasteiger partial charge in [0.15, 0.2) is 5.96 Å². The zero-order valence-corrected chi connectivity index (χ0v) is 18.7. The summed E-state index contributed by atoms with van der Waals surface area (Å²) in [6, 6.07) is 11.2. The SMILES string of the molecule is CCNC(=NCc1ccc(C)s1)NCCNC(=O)c1ccccc1Cl.I. The first-order valence-electron chi connectivity index (χ1n) is 8.20. The number of carbonyl (C=O) groups excluding carboxylic acids is 1. The second kappa shape index (κ2) is 12.1. The van der Waals surface area contributed by atoms with Crippen LogP contribution in [0.1, 0.15) is 27.0 Å². The van der Waals surface area contributed by atoms with Gasteiger partial charge in [0.1, 0.15) is 0 Å². The third kappa shape index (κ3) is 7.51. The molecule has 0 fully saturated rings. The number of amides is 1. The third-order valence-electron chi connectivity index (χ3n) is 3.35. The van der Waals surface area contributed by atoms with E-state index < -0.39 is 0 Å². The number of aliphatic imine (C=N–C) groups is 1. The number of halogens is 2. The highest BCUT2D eigenvalue weighted by molar-refractivity contribution is 14.0. The van der Waals surface area contributed by atoms with Crippen molar-refractivity contribution in [3.63, 3.8) is 0 Å². The van der Waals surface area contributed by atoms with Crippen LogP contribution < -0.4 is 16.0 Å². The molecule has 2 rings (SSSR count). The molecule has 0 aliphatic rings. The summed E-state index contributed by atoms with van der Waals surface area (Å²) >= 11 is 7.77. The number of hydrogen-bond donors (Lipinski definition) is 3. The molecular weight excluding hydrogens is 483 g/mol. The highest BCUT2D eigenvalue weighted by atomic mass is 127. The van der Waals surface area contributed by atoms with Crippen molar-refractivity contribution in [1.82, 2.24) is 16.0 Å². The molecule has 5 nitrogen and oxygen atoms in total. The van der Waals surface area contributed by atoms with E-state index in [0.29, 0.717) is 30.2 Å². The van der Waals surface area contributed by atoms with E-state index in [0.717, 1.165) is 12.5 Å². The lowest BCUT2D eigenvalue weighted by Crippen LogP contribution is -2.41. The molecule has 0 spiro atoms. The van der Waals surface area contributed by atoms with Crippen LogP contribution in [-0.2, 0) is 6.54 Å². The van der Waals surface area contributed by atoms with Crippen molar-refractivity contribution in [2.24, 2.45) is 4.99 Å². The van der Waals surface area contributed by atoms with Gasteiger partial charge in [0, 0.05) is 29.4 Å². The summed E-state index contributed by atoms with van der Waals surface area (Å²) in [5.74, 6) is 0.559. The van der Waals surface area contributed by atoms with Gasteiger partial charge in [-0.3, -0.25) is 4.79 Å². The Hall–Kier alpha value is -1.32. The van der Waals surface area contributed by atoms with Crippen LogP contribution >= 0.6 is 46.9 Å². The van der Waals surface area contributed by atoms with Gasteiger partial charge in [-0.2, -0.15) is 0 Å². The highest BCUT2D eigenvalue weighted by Gasteiger charge is 2.08. The number of guanidine groups is 1. The highest BCUT2D eigenvalue weighted by Crippen LogP contribution is 2.15. The molecule has 8 heteroatoms. The average molecular weight is 507 g/mol. The molecule has 1 aromatic heterocycles. The minimum Gasteiger partial charge on any atom is -0.357 e. The predicted molar refractivity (Wildman–Crippen MR) is 121 cm³/mol. The average Bonchev–Trinajstić information content (AvgIpc) is 3.02. The molecule has 0 atom stereocenters. The minimum atomic E-state index is -0.177. The molecule has 1 aromatic carbocycles. The lowest BCUT2D eigenvalue weighted by molar-refractivity contribution is 0.0954. The van der Waals surface area contributed by atoms with Gasteiger partial charge in [-0.1, -0.05) is 23.7 Å². The summed E-state index contributed by atoms with van der Waals surface area (Å²) in [6.45, 7) is 6.58. The fraction of sp³-hybridized carbons (Fsp3) is 0.333. The Morgan fingerprint density at radius 1 is 1.12 bits per heavy atom. The molecule has 2 aromatic rings. The van der Waals surface area contributed by atoms with Crippen LogP contribution in [-0.4, -0.2) is 31.5 Å². The van der Waals surface area contributed by atoms with Crippen LogP contribution in [0.15, 0.2) is 41.4 Å². The maximum atomic E-state index is 12.1. The van der Waals surface area contributed by atoms with Crippen molar-refractivity contribution in [2.45, 2.75) is 20.4 Å². The molecular formula is C18H24ClIN4OS. The van der Waals surface area contributed by atoms with Gasteiger partial charge in [-0.15, -0.1) is 35.3 Å². The Morgan fingerprint density at radius 2 is 1.85 bits per heavy atom. The van der Waals surface area contributed by atoms with Crippen molar-refractivity contribution in [3.05, 3.63) is 56.7 Å². The first-order chi connectivity index (χ1) is 12.1. The summed E-state index contributed by atoms with van der Waals surface area (Å²) in [5, 5.41) is 9.71. The van der Waals surface area contributed by atoms with E-state index in [4.69, 9.17) is 11.6 Å². The van der Waals surface area contributed by atoms with Gasteiger partial charge in [0.2, 0.25) is 0 Å². The standard InChI is InChI=1S/C18H23ClN4OS.HI/c1-3-20-18(23-12-14-9-8-13(2)25-14)22-11-10-21-17(24)15-6-4-5-7-16(15)19;/h4-9H,3,10-12H2,1-2H3,(H,21,24)(H2,20,22,23);1H. The van der Waals surface area contributed by atoms with E-state index in [9.17, 15) is 4.79 Å². The molecule has 0 aliphatic heterocycles. The molecule has 0 bridgehead atoms. The van der Waals surface area contributed by atoms with Crippen molar-refractivity contribution < 1.29 is 4.79 Å². The quantitative estimate of drug-likeness (QED) is 0.232. The Labute approximate surface area is 180 Å². The number of rotatable bonds is 7. The maximum absolute atomic E-state index is 12.1. The number of hydrogen-bond acceptors (Lipinski definition) is 3. The molecule has 1 amide bonds. The van der Waals surface area contributed by atoms with E-state index in [2.05, 4.69) is 40.0 Å². The zero-order valence-electron chi connectivity index (χ0n) is 14.8. The largest absolute Gasteiger partial charge is 0.357 e. The van der Waals surface area contributed by atoms with Gasteiger partial charge in [-0.05, 0) is 38.1 Å². The lowest BCUT2D eigenvalue weighted by atomic mass is 10.2. The van der Waals surface area contributed by atoms with Gasteiger partial charge >= 0.3 is 0 Å². The van der Waals surface area contributed by atoms with Gasteiger partial charge in [0.25, 0.3) is 5.91 Å². The first-order valence-corrected chi connectivity index (χ1v) is 9.40. The Bertz CT molecular complexity index is 735. The first kappa shape index (κ1) is 22.7. The molecule has 3 N–H and O–H groups in total. The van der Waals surface area contributed by atoms with E-state index in [1.54, 1.807) is 35.6 Å². The maximum Gasteiger partial charge on any atom is 0.252 e. The van der Waals surface area contributed by atoms with Gasteiger partial charge < -0.3 is 16.0 Å². The van der Waals surface area contributed by atoms with Gasteiger partial charge in [0.05, 0.1) is 17.1 Å². The summed E-state index contributed by atoms with van der Waals surface area (Å²) in [4.78, 5) is 19.1. The molecule has 0 aliphatic carbocycles. The fourth-order valence-corrected chi connectivity index (χ4v) is 3.20. The molecule has 0 saturated carbocycles. The number of nitrogens with one attached hydrogen (secondary N) is 3. The lowest BCUT2D eigenvalue weighted by Gasteiger charge is -2.12. The summed E-state index contributed by atoms with van der Waals surface area (Å²) in [5.41, 5.74) is 0.484. The fourth-order valence-electron chi connectivity index (χ4n) is 2.17. The number of benzene rings is 1. The van der Waals surface area contributed by atoms with Gasteiger partial charge in [-0.25, -0.2) is 4.99 Å². The van der Waals surface area contributed by atoms with Crippen LogP contribution in [0.25, 0.3) is 0 Å². The van der Waals surface area contributed by atoms with Crippen LogP contribution in [0.4, 0.5) is 0 Å². The summed E-state index contributed by atoms with van der Waals surface area (Å²) < 4.78 is 0. The number of thiophene rings is 1. The van der Waals surface area contributed by atoms with Crippen LogP contribution in [0.2, 0.25) is 5.02 Å². The molecule has 0 radical (unpaired) electrons. The third-order valence-corrected chi connectivity index (χ3v) is 4.67. The predicted octanol–water partition coefficient (Wildman–Crippen LogP) is 3.81. The normalized spacial score (nSPS) is 10.8. The van der Waals surface area contributed by atoms with Crippen LogP contribution in [0.3, 0.4) is 0 Å². The summed E-state index contributed by atoms with van der Waals surface area (Å²) in [6.07, 6.45) is 0. The second-order valence-corrected chi connectivity index (χ2v) is 7.15. The number of carbonyl (C=O) groups is 1. The van der Waals surface area contributed by atoms with Crippen LogP contribution in [0.5, 0.6) is 0 Å². The minimum absolute atomic E-state index is 0. The Morgan fingerprint density at radius 3 is 2.50 bits per heavy atom. The number of nitrogens with zero attached hydrogens (tertiary/aromatic N) is 1. The van der Waals surface area contributed by atoms with E-state index in [1.165, 1.54) is 9.75 Å². The Kier molecular flexibility index (Phi) is 10.6. The molecule has 26 heavy (non-hydrogen) atoms. The van der Waals surface area contributed by atoms with Crippen molar-refractivity contribution >= 4 is 58.8 Å². The van der Waals surface area contributed by atoms with Crippen molar-refractivity contribution in [2.75, 3.05) is 19.6 Å². The Balaban J connectivity index is 0.00000338. The molecule has 0 saturated heterocycles. The van der Waals surface area contributed by atoms with E-state index in [1.807, 2.05) is 6.92 Å². The van der Waals surface area contributed by atoms with Crippen molar-refractivity contribution in [1.29, 1.82) is 0 Å². The molecule has 1 heterocycles. The smallest absolute Gasteiger partial charge is 0.252 e. The second-order valence-electron chi connectivity index (χ2n) is 5.37.